The number of anilines is 2. The van der Waals surface area contributed by atoms with E-state index in [4.69, 9.17) is 9.40 Å². The minimum atomic E-state index is -1.91. The predicted molar refractivity (Wildman–Crippen MR) is 163 cm³/mol. The number of nitrogens with zero attached hydrogens (tertiary/aromatic N) is 3. The number of carbonyl (C=O) groups is 2. The van der Waals surface area contributed by atoms with Gasteiger partial charge in [0.2, 0.25) is 5.76 Å². The van der Waals surface area contributed by atoms with Gasteiger partial charge in [0, 0.05) is 11.1 Å². The van der Waals surface area contributed by atoms with Crippen LogP contribution < -0.4 is 15.2 Å². The fourth-order valence-electron chi connectivity index (χ4n) is 6.35. The highest BCUT2D eigenvalue weighted by atomic mass is 32.1. The van der Waals surface area contributed by atoms with Crippen LogP contribution in [0.1, 0.15) is 38.4 Å². The summed E-state index contributed by atoms with van der Waals surface area (Å²) < 4.78 is 21.9. The Morgan fingerprint density at radius 1 is 0.907 bits per heavy atom. The molecule has 2 amide bonds. The van der Waals surface area contributed by atoms with Crippen LogP contribution in [0.4, 0.5) is 15.2 Å². The standard InChI is InChI=1S/C34H22FN3O4S/c1-18-12-14-26-21(15-18)29(39)28-30(42-26)31(40)38(33-36-24-13-11-19(2)16-27(24)43-33)34(28)22-8-4-6-10-25(22)37(32(34)41)17-20-7-3-5-9-23(20)35/h3-16H,17H2,1-2H3. The summed E-state index contributed by atoms with van der Waals surface area (Å²) in [5, 5.41) is 0.526. The largest absolute Gasteiger partial charge is 0.450 e. The van der Waals surface area contributed by atoms with Gasteiger partial charge in [0.1, 0.15) is 11.4 Å². The molecule has 0 radical (unpaired) electrons. The number of amides is 2. The van der Waals surface area contributed by atoms with Crippen LogP contribution in [0.5, 0.6) is 0 Å². The molecule has 0 bridgehead atoms. The molecule has 0 saturated carbocycles. The highest BCUT2D eigenvalue weighted by Gasteiger charge is 2.66. The maximum atomic E-state index is 15.0. The summed E-state index contributed by atoms with van der Waals surface area (Å²) >= 11 is 1.26. The lowest BCUT2D eigenvalue weighted by atomic mass is 9.84. The van der Waals surface area contributed by atoms with E-state index in [2.05, 4.69) is 0 Å². The molecule has 1 unspecified atom stereocenters. The quantitative estimate of drug-likeness (QED) is 0.233. The molecule has 1 spiro atoms. The number of hydrogen-bond donors (Lipinski definition) is 0. The van der Waals surface area contributed by atoms with E-state index in [0.717, 1.165) is 15.8 Å². The van der Waals surface area contributed by atoms with Gasteiger partial charge in [0.25, 0.3) is 11.8 Å². The van der Waals surface area contributed by atoms with Gasteiger partial charge in [-0.3, -0.25) is 19.3 Å². The maximum Gasteiger partial charge on any atom is 0.297 e. The fraction of sp³-hybridized carbons (Fsp3) is 0.118. The molecule has 0 saturated heterocycles. The molecule has 2 aliphatic rings. The number of hydrogen-bond acceptors (Lipinski definition) is 6. The van der Waals surface area contributed by atoms with Crippen molar-refractivity contribution in [2.75, 3.05) is 9.80 Å². The third kappa shape index (κ3) is 3.39. The lowest BCUT2D eigenvalue weighted by molar-refractivity contribution is -0.121. The van der Waals surface area contributed by atoms with Crippen molar-refractivity contribution in [3.63, 3.8) is 0 Å². The number of carbonyl (C=O) groups excluding carboxylic acids is 2. The van der Waals surface area contributed by atoms with Crippen LogP contribution in [0.3, 0.4) is 0 Å². The molecule has 6 aromatic rings. The van der Waals surface area contributed by atoms with Crippen molar-refractivity contribution in [2.45, 2.75) is 25.9 Å². The topological polar surface area (TPSA) is 83.7 Å². The normalized spacial score (nSPS) is 17.5. The number of rotatable bonds is 3. The molecule has 2 aromatic heterocycles. The van der Waals surface area contributed by atoms with Crippen LogP contribution in [0.15, 0.2) is 94.1 Å². The molecular weight excluding hydrogens is 565 g/mol. The van der Waals surface area contributed by atoms with Gasteiger partial charge in [-0.2, -0.15) is 0 Å². The summed E-state index contributed by atoms with van der Waals surface area (Å²) in [7, 11) is 0. The van der Waals surface area contributed by atoms with E-state index in [1.54, 1.807) is 60.7 Å². The van der Waals surface area contributed by atoms with Crippen LogP contribution >= 0.6 is 11.3 Å². The minimum Gasteiger partial charge on any atom is -0.450 e. The van der Waals surface area contributed by atoms with E-state index in [1.807, 2.05) is 32.0 Å². The van der Waals surface area contributed by atoms with Crippen LogP contribution in [-0.2, 0) is 16.9 Å². The highest BCUT2D eigenvalue weighted by molar-refractivity contribution is 7.22. The zero-order valence-corrected chi connectivity index (χ0v) is 23.9. The fourth-order valence-corrected chi connectivity index (χ4v) is 7.46. The number of aryl methyl sites for hydroxylation is 2. The van der Waals surface area contributed by atoms with Gasteiger partial charge >= 0.3 is 0 Å². The van der Waals surface area contributed by atoms with Crippen LogP contribution in [0, 0.1) is 19.7 Å². The predicted octanol–water partition coefficient (Wildman–Crippen LogP) is 6.61. The third-order valence-electron chi connectivity index (χ3n) is 8.29. The molecule has 0 fully saturated rings. The lowest BCUT2D eigenvalue weighted by Crippen LogP contribution is -2.53. The Labute approximate surface area is 248 Å². The zero-order chi connectivity index (χ0) is 29.6. The molecule has 43 heavy (non-hydrogen) atoms. The van der Waals surface area contributed by atoms with Crippen molar-refractivity contribution in [3.8, 4) is 0 Å². The molecule has 210 valence electrons. The lowest BCUT2D eigenvalue weighted by Gasteiger charge is -2.32. The Bertz CT molecular complexity index is 2260. The Balaban J connectivity index is 1.46. The number of thiazole rings is 1. The number of aromatic nitrogens is 1. The van der Waals surface area contributed by atoms with Crippen molar-refractivity contribution in [2.24, 2.45) is 0 Å². The molecular formula is C34H22FN3O4S. The van der Waals surface area contributed by atoms with Crippen molar-refractivity contribution in [3.05, 3.63) is 135 Å². The monoisotopic (exact) mass is 587 g/mol. The number of para-hydroxylation sites is 1. The smallest absolute Gasteiger partial charge is 0.297 e. The van der Waals surface area contributed by atoms with Crippen molar-refractivity contribution in [1.29, 1.82) is 0 Å². The first-order valence-corrected chi connectivity index (χ1v) is 14.6. The molecule has 4 heterocycles. The zero-order valence-electron chi connectivity index (χ0n) is 23.1. The van der Waals surface area contributed by atoms with Gasteiger partial charge in [-0.15, -0.1) is 0 Å². The molecule has 8 rings (SSSR count). The van der Waals surface area contributed by atoms with Crippen molar-refractivity contribution < 1.29 is 18.4 Å². The number of halogens is 1. The summed E-state index contributed by atoms with van der Waals surface area (Å²) in [5.41, 5.74) is 1.53. The van der Waals surface area contributed by atoms with E-state index in [0.29, 0.717) is 22.3 Å². The van der Waals surface area contributed by atoms with Gasteiger partial charge in [-0.25, -0.2) is 9.37 Å². The van der Waals surface area contributed by atoms with Gasteiger partial charge in [-0.05, 0) is 55.8 Å². The SMILES string of the molecule is Cc1ccc2nc(N3C(=O)c4oc5ccc(C)cc5c(=O)c4C34C(=O)N(Cc3ccccc3F)c3ccccc34)sc2c1. The average Bonchev–Trinajstić information content (AvgIpc) is 3.60. The van der Waals surface area contributed by atoms with E-state index in [1.165, 1.54) is 27.2 Å². The Morgan fingerprint density at radius 2 is 1.65 bits per heavy atom. The van der Waals surface area contributed by atoms with E-state index in [9.17, 15) is 14.0 Å². The first-order valence-electron chi connectivity index (χ1n) is 13.7. The molecule has 1 atom stereocenters. The Hall–Kier alpha value is -5.15. The van der Waals surface area contributed by atoms with E-state index in [-0.39, 0.29) is 34.0 Å². The van der Waals surface area contributed by atoms with Gasteiger partial charge in [-0.1, -0.05) is 65.4 Å². The second-order valence-corrected chi connectivity index (χ2v) is 12.0. The minimum absolute atomic E-state index is 0.0560. The number of fused-ring (bicyclic) bond motifs is 6. The van der Waals surface area contributed by atoms with Crippen LogP contribution in [-0.4, -0.2) is 16.8 Å². The first kappa shape index (κ1) is 25.6. The van der Waals surface area contributed by atoms with E-state index < -0.39 is 28.6 Å². The molecule has 4 aromatic carbocycles. The van der Waals surface area contributed by atoms with Crippen molar-refractivity contribution >= 4 is 55.2 Å². The van der Waals surface area contributed by atoms with Crippen molar-refractivity contribution in [1.82, 2.24) is 4.98 Å². The van der Waals surface area contributed by atoms with Crippen LogP contribution in [0.2, 0.25) is 0 Å². The molecule has 0 N–H and O–H groups in total. The summed E-state index contributed by atoms with van der Waals surface area (Å²) in [4.78, 5) is 51.5. The van der Waals surface area contributed by atoms with E-state index >= 15 is 4.79 Å². The Morgan fingerprint density at radius 3 is 2.49 bits per heavy atom. The first-order chi connectivity index (χ1) is 20.8. The maximum absolute atomic E-state index is 15.0. The van der Waals surface area contributed by atoms with Gasteiger partial charge in [0.15, 0.2) is 16.1 Å². The molecule has 2 aliphatic heterocycles. The van der Waals surface area contributed by atoms with Gasteiger partial charge in [0.05, 0.1) is 33.4 Å². The van der Waals surface area contributed by atoms with Gasteiger partial charge < -0.3 is 9.32 Å². The summed E-state index contributed by atoms with van der Waals surface area (Å²) in [6.07, 6.45) is 0. The summed E-state index contributed by atoms with van der Waals surface area (Å²) in [6, 6.07) is 24.2. The van der Waals surface area contributed by atoms with Crippen LogP contribution in [0.25, 0.3) is 21.2 Å². The Kier molecular flexibility index (Phi) is 5.30. The third-order valence-corrected chi connectivity index (χ3v) is 9.29. The molecule has 0 aliphatic carbocycles. The highest BCUT2D eigenvalue weighted by Crippen LogP contribution is 2.55. The summed E-state index contributed by atoms with van der Waals surface area (Å²) in [6.45, 7) is 3.72. The average molecular weight is 588 g/mol. The molecule has 9 heteroatoms. The second-order valence-electron chi connectivity index (χ2n) is 11.0. The molecule has 7 nitrogen and oxygen atoms in total. The summed E-state index contributed by atoms with van der Waals surface area (Å²) in [5.74, 6) is -1.86. The number of benzene rings is 4. The second kappa shape index (κ2) is 8.92.